The van der Waals surface area contributed by atoms with Crippen LogP contribution in [0.4, 0.5) is 5.82 Å². The fourth-order valence-corrected chi connectivity index (χ4v) is 2.58. The van der Waals surface area contributed by atoms with Crippen molar-refractivity contribution >= 4 is 5.82 Å². The lowest BCUT2D eigenvalue weighted by Gasteiger charge is -2.26. The molecule has 22 heavy (non-hydrogen) atoms. The third-order valence-electron chi connectivity index (χ3n) is 3.99. The van der Waals surface area contributed by atoms with Crippen LogP contribution < -0.4 is 5.32 Å². The molecule has 0 radical (unpaired) electrons. The molecule has 0 unspecified atom stereocenters. The molecule has 1 aromatic heterocycles. The summed E-state index contributed by atoms with van der Waals surface area (Å²) >= 11 is 0. The summed E-state index contributed by atoms with van der Waals surface area (Å²) in [4.78, 5) is 6.92. The fourth-order valence-electron chi connectivity index (χ4n) is 2.58. The fraction of sp³-hybridized carbons (Fsp3) is 0.389. The summed E-state index contributed by atoms with van der Waals surface area (Å²) in [5.41, 5.74) is 3.63. The number of hydrogen-bond acceptors (Lipinski definition) is 4. The molecular weight excluding hydrogens is 274 g/mol. The Morgan fingerprint density at radius 3 is 2.45 bits per heavy atom. The molecule has 0 spiro atoms. The van der Waals surface area contributed by atoms with Crippen molar-refractivity contribution in [2.24, 2.45) is 0 Å². The molecule has 1 aromatic carbocycles. The van der Waals surface area contributed by atoms with Crippen molar-refractivity contribution in [2.45, 2.75) is 6.92 Å². The summed E-state index contributed by atoms with van der Waals surface area (Å²) in [6, 6.07) is 12.7. The van der Waals surface area contributed by atoms with Gasteiger partial charge in [-0.05, 0) is 24.6 Å². The van der Waals surface area contributed by atoms with Gasteiger partial charge in [0.05, 0.1) is 13.2 Å². The van der Waals surface area contributed by atoms with E-state index in [2.05, 4.69) is 58.5 Å². The van der Waals surface area contributed by atoms with Crippen LogP contribution in [0.3, 0.4) is 0 Å². The van der Waals surface area contributed by atoms with Crippen LogP contribution in [-0.4, -0.2) is 49.3 Å². The first-order valence-electron chi connectivity index (χ1n) is 7.88. The van der Waals surface area contributed by atoms with Crippen LogP contribution in [0.2, 0.25) is 0 Å². The first-order chi connectivity index (χ1) is 10.8. The SMILES string of the molecule is Cc1ccc(-c2ccc(NCCN3CCOCC3)nc2)cc1. The van der Waals surface area contributed by atoms with E-state index in [9.17, 15) is 0 Å². The Balaban J connectivity index is 1.51. The predicted molar refractivity (Wildman–Crippen MR) is 90.2 cm³/mol. The molecule has 1 aliphatic rings. The topological polar surface area (TPSA) is 37.4 Å². The van der Waals surface area contributed by atoms with Crippen LogP contribution >= 0.6 is 0 Å². The van der Waals surface area contributed by atoms with E-state index >= 15 is 0 Å². The van der Waals surface area contributed by atoms with Gasteiger partial charge < -0.3 is 10.1 Å². The van der Waals surface area contributed by atoms with Crippen molar-refractivity contribution in [1.82, 2.24) is 9.88 Å². The molecule has 116 valence electrons. The number of nitrogens with zero attached hydrogens (tertiary/aromatic N) is 2. The number of ether oxygens (including phenoxy) is 1. The Morgan fingerprint density at radius 2 is 1.77 bits per heavy atom. The second-order valence-electron chi connectivity index (χ2n) is 5.68. The molecule has 1 fully saturated rings. The van der Waals surface area contributed by atoms with Crippen LogP contribution in [0.25, 0.3) is 11.1 Å². The van der Waals surface area contributed by atoms with Gasteiger partial charge in [0.1, 0.15) is 5.82 Å². The van der Waals surface area contributed by atoms with Gasteiger partial charge in [0.2, 0.25) is 0 Å². The maximum absolute atomic E-state index is 5.35. The van der Waals surface area contributed by atoms with Crippen molar-refractivity contribution in [3.8, 4) is 11.1 Å². The zero-order valence-corrected chi connectivity index (χ0v) is 13.1. The van der Waals surface area contributed by atoms with Gasteiger partial charge in [0, 0.05) is 37.9 Å². The van der Waals surface area contributed by atoms with Gasteiger partial charge in [-0.3, -0.25) is 4.90 Å². The third kappa shape index (κ3) is 4.06. The molecule has 0 amide bonds. The van der Waals surface area contributed by atoms with Crippen LogP contribution in [0.5, 0.6) is 0 Å². The first-order valence-corrected chi connectivity index (χ1v) is 7.88. The lowest BCUT2D eigenvalue weighted by atomic mass is 10.1. The quantitative estimate of drug-likeness (QED) is 0.921. The van der Waals surface area contributed by atoms with Gasteiger partial charge in [-0.1, -0.05) is 29.8 Å². The molecule has 0 saturated carbocycles. The Morgan fingerprint density at radius 1 is 1.05 bits per heavy atom. The van der Waals surface area contributed by atoms with Crippen molar-refractivity contribution < 1.29 is 4.74 Å². The monoisotopic (exact) mass is 297 g/mol. The Labute approximate surface area is 132 Å². The highest BCUT2D eigenvalue weighted by atomic mass is 16.5. The van der Waals surface area contributed by atoms with E-state index < -0.39 is 0 Å². The highest BCUT2D eigenvalue weighted by Crippen LogP contribution is 2.19. The summed E-state index contributed by atoms with van der Waals surface area (Å²) < 4.78 is 5.35. The van der Waals surface area contributed by atoms with E-state index in [0.717, 1.165) is 50.8 Å². The van der Waals surface area contributed by atoms with E-state index in [0.29, 0.717) is 0 Å². The molecule has 2 aromatic rings. The first kappa shape index (κ1) is 15.0. The maximum atomic E-state index is 5.35. The zero-order valence-electron chi connectivity index (χ0n) is 13.1. The zero-order chi connectivity index (χ0) is 15.2. The maximum Gasteiger partial charge on any atom is 0.125 e. The third-order valence-corrected chi connectivity index (χ3v) is 3.99. The minimum absolute atomic E-state index is 0.851. The van der Waals surface area contributed by atoms with E-state index in [-0.39, 0.29) is 0 Å². The van der Waals surface area contributed by atoms with Crippen molar-refractivity contribution in [2.75, 3.05) is 44.7 Å². The molecule has 1 N–H and O–H groups in total. The number of rotatable bonds is 5. The summed E-state index contributed by atoms with van der Waals surface area (Å²) in [5.74, 6) is 0.934. The molecule has 4 heteroatoms. The number of morpholine rings is 1. The summed E-state index contributed by atoms with van der Waals surface area (Å²) in [6.45, 7) is 7.81. The molecule has 1 aliphatic heterocycles. The van der Waals surface area contributed by atoms with Gasteiger partial charge in [-0.15, -0.1) is 0 Å². The molecule has 4 nitrogen and oxygen atoms in total. The largest absolute Gasteiger partial charge is 0.379 e. The van der Waals surface area contributed by atoms with E-state index in [1.54, 1.807) is 0 Å². The number of pyridine rings is 1. The summed E-state index contributed by atoms with van der Waals surface area (Å²) in [7, 11) is 0. The number of benzene rings is 1. The average molecular weight is 297 g/mol. The molecule has 2 heterocycles. The highest BCUT2D eigenvalue weighted by Gasteiger charge is 2.09. The van der Waals surface area contributed by atoms with Crippen molar-refractivity contribution in [1.29, 1.82) is 0 Å². The van der Waals surface area contributed by atoms with Gasteiger partial charge in [-0.25, -0.2) is 4.98 Å². The van der Waals surface area contributed by atoms with Crippen LogP contribution in [-0.2, 0) is 4.74 Å². The highest BCUT2D eigenvalue weighted by molar-refractivity contribution is 5.63. The smallest absolute Gasteiger partial charge is 0.125 e. The minimum atomic E-state index is 0.851. The molecule has 0 atom stereocenters. The molecule has 3 rings (SSSR count). The van der Waals surface area contributed by atoms with E-state index in [1.165, 1.54) is 11.1 Å². The standard InChI is InChI=1S/C18H23N3O/c1-15-2-4-16(5-3-15)17-6-7-18(20-14-17)19-8-9-21-10-12-22-13-11-21/h2-7,14H,8-13H2,1H3,(H,19,20). The van der Waals surface area contributed by atoms with Crippen LogP contribution in [0, 0.1) is 6.92 Å². The molecular formula is C18H23N3O. The lowest BCUT2D eigenvalue weighted by Crippen LogP contribution is -2.39. The van der Waals surface area contributed by atoms with Crippen molar-refractivity contribution in [3.05, 3.63) is 48.2 Å². The predicted octanol–water partition coefficient (Wildman–Crippen LogP) is 2.80. The number of aryl methyl sites for hydroxylation is 1. The number of hydrogen-bond donors (Lipinski definition) is 1. The van der Waals surface area contributed by atoms with Crippen LogP contribution in [0.1, 0.15) is 5.56 Å². The lowest BCUT2D eigenvalue weighted by molar-refractivity contribution is 0.0398. The van der Waals surface area contributed by atoms with Crippen LogP contribution in [0.15, 0.2) is 42.6 Å². The second kappa shape index (κ2) is 7.38. The summed E-state index contributed by atoms with van der Waals surface area (Å²) in [6.07, 6.45) is 1.93. The Kier molecular flexibility index (Phi) is 5.03. The normalized spacial score (nSPS) is 15.7. The van der Waals surface area contributed by atoms with E-state index in [4.69, 9.17) is 4.74 Å². The molecule has 0 bridgehead atoms. The molecule has 1 saturated heterocycles. The van der Waals surface area contributed by atoms with Gasteiger partial charge in [-0.2, -0.15) is 0 Å². The molecule has 0 aliphatic carbocycles. The van der Waals surface area contributed by atoms with E-state index in [1.807, 2.05) is 6.20 Å². The number of anilines is 1. The number of nitrogens with one attached hydrogen (secondary N) is 1. The Hall–Kier alpha value is -1.91. The van der Waals surface area contributed by atoms with Crippen molar-refractivity contribution in [3.63, 3.8) is 0 Å². The minimum Gasteiger partial charge on any atom is -0.379 e. The van der Waals surface area contributed by atoms with Gasteiger partial charge in [0.25, 0.3) is 0 Å². The van der Waals surface area contributed by atoms with Gasteiger partial charge in [0.15, 0.2) is 0 Å². The number of aromatic nitrogens is 1. The van der Waals surface area contributed by atoms with Gasteiger partial charge >= 0.3 is 0 Å². The average Bonchev–Trinajstić information content (AvgIpc) is 2.57. The Bertz CT molecular complexity index is 574. The second-order valence-corrected chi connectivity index (χ2v) is 5.68. The summed E-state index contributed by atoms with van der Waals surface area (Å²) in [5, 5.41) is 3.39.